The van der Waals surface area contributed by atoms with Crippen molar-refractivity contribution < 1.29 is 19.1 Å². The van der Waals surface area contributed by atoms with Crippen LogP contribution in [0.25, 0.3) is 0 Å². The number of aromatic nitrogens is 3. The van der Waals surface area contributed by atoms with Crippen LogP contribution in [0.1, 0.15) is 26.4 Å². The molecule has 0 unspecified atom stereocenters. The van der Waals surface area contributed by atoms with Gasteiger partial charge in [0.05, 0.1) is 32.6 Å². The number of amides is 1. The van der Waals surface area contributed by atoms with Gasteiger partial charge in [-0.05, 0) is 17.7 Å². The number of hydrogen-bond acceptors (Lipinski definition) is 6. The average molecular weight is 332 g/mol. The molecule has 1 aromatic carbocycles. The van der Waals surface area contributed by atoms with Crippen LogP contribution in [0.5, 0.6) is 0 Å². The second-order valence-electron chi connectivity index (χ2n) is 5.02. The maximum atomic E-state index is 12.0. The summed E-state index contributed by atoms with van der Waals surface area (Å²) in [6.45, 7) is 2.41. The maximum absolute atomic E-state index is 12.0. The molecule has 2 rings (SSSR count). The quantitative estimate of drug-likeness (QED) is 0.504. The summed E-state index contributed by atoms with van der Waals surface area (Å²) in [6.07, 6.45) is 2.22. The van der Waals surface area contributed by atoms with E-state index in [9.17, 15) is 9.59 Å². The first-order chi connectivity index (χ1) is 11.7. The maximum Gasteiger partial charge on any atom is 0.251 e. The van der Waals surface area contributed by atoms with Gasteiger partial charge < -0.3 is 14.8 Å². The molecule has 1 amide bonds. The summed E-state index contributed by atoms with van der Waals surface area (Å²) in [4.78, 5) is 22.6. The first-order valence-electron chi connectivity index (χ1n) is 7.52. The van der Waals surface area contributed by atoms with Crippen molar-refractivity contribution in [3.8, 4) is 0 Å². The lowest BCUT2D eigenvalue weighted by molar-refractivity contribution is 0.0692. The van der Waals surface area contributed by atoms with E-state index in [0.29, 0.717) is 50.5 Å². The Hall–Kier alpha value is -2.58. The van der Waals surface area contributed by atoms with Gasteiger partial charge in [-0.3, -0.25) is 9.59 Å². The number of nitrogens with one attached hydrogen (secondary N) is 1. The number of nitrogens with zero attached hydrogens (tertiary/aromatic N) is 3. The SMILES string of the molecule is COCCOCCNC(=O)c1ccc(Cn2cc(C=O)nn2)cc1. The highest BCUT2D eigenvalue weighted by Crippen LogP contribution is 2.06. The van der Waals surface area contributed by atoms with Gasteiger partial charge in [0.15, 0.2) is 6.29 Å². The summed E-state index contributed by atoms with van der Waals surface area (Å²) in [5, 5.41) is 10.3. The van der Waals surface area contributed by atoms with E-state index >= 15 is 0 Å². The van der Waals surface area contributed by atoms with E-state index < -0.39 is 0 Å². The van der Waals surface area contributed by atoms with Gasteiger partial charge in [-0.1, -0.05) is 17.3 Å². The Labute approximate surface area is 139 Å². The summed E-state index contributed by atoms with van der Waals surface area (Å²) in [5.74, 6) is -0.152. The fourth-order valence-electron chi connectivity index (χ4n) is 1.98. The number of rotatable bonds is 10. The molecule has 2 aromatic rings. The molecule has 0 spiro atoms. The van der Waals surface area contributed by atoms with Crippen molar-refractivity contribution in [2.75, 3.05) is 33.5 Å². The average Bonchev–Trinajstić information content (AvgIpc) is 3.06. The molecule has 128 valence electrons. The molecule has 24 heavy (non-hydrogen) atoms. The van der Waals surface area contributed by atoms with Crippen molar-refractivity contribution in [2.45, 2.75) is 6.54 Å². The molecule has 0 aliphatic rings. The lowest BCUT2D eigenvalue weighted by atomic mass is 10.1. The first kappa shape index (κ1) is 17.8. The Morgan fingerprint density at radius 1 is 1.25 bits per heavy atom. The third-order valence-electron chi connectivity index (χ3n) is 3.20. The molecule has 0 aliphatic heterocycles. The van der Waals surface area contributed by atoms with E-state index in [-0.39, 0.29) is 5.91 Å². The number of methoxy groups -OCH3 is 1. The van der Waals surface area contributed by atoms with E-state index in [1.165, 1.54) is 0 Å². The molecular formula is C16H20N4O4. The zero-order valence-electron chi connectivity index (χ0n) is 13.5. The molecule has 1 aromatic heterocycles. The van der Waals surface area contributed by atoms with E-state index in [1.54, 1.807) is 30.1 Å². The largest absolute Gasteiger partial charge is 0.382 e. The summed E-state index contributed by atoms with van der Waals surface area (Å²) >= 11 is 0. The minimum atomic E-state index is -0.152. The van der Waals surface area contributed by atoms with Gasteiger partial charge in [-0.15, -0.1) is 5.10 Å². The summed E-state index contributed by atoms with van der Waals surface area (Å²) < 4.78 is 11.7. The van der Waals surface area contributed by atoms with Crippen molar-refractivity contribution in [3.63, 3.8) is 0 Å². The Morgan fingerprint density at radius 2 is 2.04 bits per heavy atom. The molecular weight excluding hydrogens is 312 g/mol. The minimum absolute atomic E-state index is 0.152. The Morgan fingerprint density at radius 3 is 2.71 bits per heavy atom. The van der Waals surface area contributed by atoms with Crippen LogP contribution >= 0.6 is 0 Å². The van der Waals surface area contributed by atoms with Crippen molar-refractivity contribution in [1.82, 2.24) is 20.3 Å². The topological polar surface area (TPSA) is 95.3 Å². The Balaban J connectivity index is 1.78. The monoisotopic (exact) mass is 332 g/mol. The van der Waals surface area contributed by atoms with Gasteiger partial charge in [0.25, 0.3) is 5.91 Å². The lowest BCUT2D eigenvalue weighted by Gasteiger charge is -2.07. The molecule has 0 saturated heterocycles. The van der Waals surface area contributed by atoms with Crippen molar-refractivity contribution in [2.24, 2.45) is 0 Å². The van der Waals surface area contributed by atoms with Crippen molar-refractivity contribution in [1.29, 1.82) is 0 Å². The number of hydrogen-bond donors (Lipinski definition) is 1. The standard InChI is InChI=1S/C16H20N4O4/c1-23-8-9-24-7-6-17-16(22)14-4-2-13(3-5-14)10-20-11-15(12-21)18-19-20/h2-5,11-12H,6-10H2,1H3,(H,17,22). The summed E-state index contributed by atoms with van der Waals surface area (Å²) in [6, 6.07) is 7.17. The lowest BCUT2D eigenvalue weighted by Crippen LogP contribution is -2.27. The van der Waals surface area contributed by atoms with Gasteiger partial charge in [0.1, 0.15) is 5.69 Å². The molecule has 0 bridgehead atoms. The summed E-state index contributed by atoms with van der Waals surface area (Å²) in [7, 11) is 1.61. The number of carbonyl (C=O) groups is 2. The van der Waals surface area contributed by atoms with Gasteiger partial charge in [-0.25, -0.2) is 4.68 Å². The van der Waals surface area contributed by atoms with E-state index in [0.717, 1.165) is 5.56 Å². The van der Waals surface area contributed by atoms with E-state index in [2.05, 4.69) is 15.6 Å². The highest BCUT2D eigenvalue weighted by atomic mass is 16.5. The molecule has 0 fully saturated rings. The van der Waals surface area contributed by atoms with Gasteiger partial charge >= 0.3 is 0 Å². The number of carbonyl (C=O) groups excluding carboxylic acids is 2. The van der Waals surface area contributed by atoms with Crippen LogP contribution in [-0.4, -0.2) is 60.7 Å². The van der Waals surface area contributed by atoms with Crippen LogP contribution in [0, 0.1) is 0 Å². The molecule has 8 nitrogen and oxygen atoms in total. The smallest absolute Gasteiger partial charge is 0.251 e. The molecule has 0 aliphatic carbocycles. The third kappa shape index (κ3) is 5.56. The first-order valence-corrected chi connectivity index (χ1v) is 7.52. The van der Waals surface area contributed by atoms with Crippen LogP contribution in [0.2, 0.25) is 0 Å². The number of aldehydes is 1. The fourth-order valence-corrected chi connectivity index (χ4v) is 1.98. The molecule has 1 N–H and O–H groups in total. The van der Waals surface area contributed by atoms with E-state index in [1.807, 2.05) is 12.1 Å². The van der Waals surface area contributed by atoms with Crippen LogP contribution in [0.3, 0.4) is 0 Å². The van der Waals surface area contributed by atoms with Crippen LogP contribution in [-0.2, 0) is 16.0 Å². The van der Waals surface area contributed by atoms with Gasteiger partial charge in [0, 0.05) is 19.2 Å². The number of ether oxygens (including phenoxy) is 2. The van der Waals surface area contributed by atoms with Crippen molar-refractivity contribution >= 4 is 12.2 Å². The highest BCUT2D eigenvalue weighted by Gasteiger charge is 2.06. The van der Waals surface area contributed by atoms with E-state index in [4.69, 9.17) is 9.47 Å². The molecule has 0 saturated carbocycles. The van der Waals surface area contributed by atoms with Crippen LogP contribution in [0.4, 0.5) is 0 Å². The number of benzene rings is 1. The van der Waals surface area contributed by atoms with Gasteiger partial charge in [0.2, 0.25) is 0 Å². The second-order valence-corrected chi connectivity index (χ2v) is 5.02. The molecule has 0 atom stereocenters. The summed E-state index contributed by atoms with van der Waals surface area (Å²) in [5.41, 5.74) is 1.82. The normalized spacial score (nSPS) is 10.5. The zero-order valence-corrected chi connectivity index (χ0v) is 13.5. The predicted molar refractivity (Wildman–Crippen MR) is 86.0 cm³/mol. The fraction of sp³-hybridized carbons (Fsp3) is 0.375. The molecule has 8 heteroatoms. The van der Waals surface area contributed by atoms with Crippen molar-refractivity contribution in [3.05, 3.63) is 47.3 Å². The third-order valence-corrected chi connectivity index (χ3v) is 3.20. The second kappa shape index (κ2) is 9.53. The Kier molecular flexibility index (Phi) is 7.06. The van der Waals surface area contributed by atoms with Gasteiger partial charge in [-0.2, -0.15) is 0 Å². The minimum Gasteiger partial charge on any atom is -0.382 e. The van der Waals surface area contributed by atoms with Crippen LogP contribution in [0.15, 0.2) is 30.5 Å². The Bertz CT molecular complexity index is 654. The molecule has 0 radical (unpaired) electrons. The van der Waals surface area contributed by atoms with Crippen LogP contribution < -0.4 is 5.32 Å². The molecule has 1 heterocycles. The highest BCUT2D eigenvalue weighted by molar-refractivity contribution is 5.94. The predicted octanol–water partition coefficient (Wildman–Crippen LogP) is 0.532. The zero-order chi connectivity index (χ0) is 17.2.